The Hall–Kier alpha value is -2.41. The first-order valence-electron chi connectivity index (χ1n) is 17.4. The zero-order valence-electron chi connectivity index (χ0n) is 28.9. The summed E-state index contributed by atoms with van der Waals surface area (Å²) in [5.41, 5.74) is 0.405. The average molecular weight is 675 g/mol. The van der Waals surface area contributed by atoms with Crippen molar-refractivity contribution in [1.29, 1.82) is 0 Å². The number of ether oxygens (including phenoxy) is 3. The van der Waals surface area contributed by atoms with Crippen LogP contribution in [0.4, 0.5) is 0 Å². The lowest BCUT2D eigenvalue weighted by molar-refractivity contribution is -0.331. The molecule has 0 aromatic heterocycles. The summed E-state index contributed by atoms with van der Waals surface area (Å²) in [5.74, 6) is -2.16. The first-order valence-corrected chi connectivity index (χ1v) is 17.4. The fourth-order valence-electron chi connectivity index (χ4n) is 6.68. The zero-order chi connectivity index (χ0) is 35.3. The third kappa shape index (κ3) is 13.5. The number of carbonyl (C=O) groups is 1. The third-order valence-corrected chi connectivity index (χ3v) is 9.14. The van der Waals surface area contributed by atoms with E-state index in [9.17, 15) is 35.4 Å². The van der Waals surface area contributed by atoms with E-state index < -0.39 is 66.5 Å². The van der Waals surface area contributed by atoms with Gasteiger partial charge in [-0.3, -0.25) is 0 Å². The number of esters is 1. The van der Waals surface area contributed by atoms with Crippen molar-refractivity contribution in [2.24, 2.45) is 11.8 Å². The molecule has 0 aromatic carbocycles. The number of carbonyl (C=O) groups excluding carboxylic acids is 1. The molecule has 1 spiro atoms. The molecule has 3 rings (SSSR count). The molecule has 0 saturated carbocycles. The molecular formula is C38H58O10. The highest BCUT2D eigenvalue weighted by atomic mass is 16.7. The van der Waals surface area contributed by atoms with Crippen molar-refractivity contribution in [1.82, 2.24) is 0 Å². The molecule has 3 aliphatic heterocycles. The molecule has 2 saturated heterocycles. The van der Waals surface area contributed by atoms with Crippen molar-refractivity contribution in [3.05, 3.63) is 72.4 Å². The van der Waals surface area contributed by atoms with Crippen LogP contribution in [0, 0.1) is 11.8 Å². The Morgan fingerprint density at radius 2 is 1.31 bits per heavy atom. The van der Waals surface area contributed by atoms with Crippen molar-refractivity contribution >= 4 is 5.97 Å². The van der Waals surface area contributed by atoms with Gasteiger partial charge in [0.2, 0.25) is 0 Å². The number of hydrogen-bond acceptors (Lipinski definition) is 10. The van der Waals surface area contributed by atoms with Crippen LogP contribution in [-0.2, 0) is 19.0 Å². The summed E-state index contributed by atoms with van der Waals surface area (Å²) in [6.45, 7) is 7.24. The Morgan fingerprint density at radius 1 is 0.708 bits per heavy atom. The Balaban J connectivity index is 1.75. The highest BCUT2D eigenvalue weighted by Crippen LogP contribution is 2.40. The fraction of sp³-hybridized carbons (Fsp3) is 0.658. The molecule has 0 aliphatic carbocycles. The molecule has 48 heavy (non-hydrogen) atoms. The zero-order valence-corrected chi connectivity index (χ0v) is 28.9. The van der Waals surface area contributed by atoms with Crippen LogP contribution in [-0.4, -0.2) is 97.3 Å². The number of rotatable bonds is 1. The van der Waals surface area contributed by atoms with Crippen molar-refractivity contribution in [2.75, 3.05) is 0 Å². The molecule has 2 fully saturated rings. The average Bonchev–Trinajstić information content (AvgIpc) is 2.98. The van der Waals surface area contributed by atoms with Crippen LogP contribution in [0.25, 0.3) is 0 Å². The second kappa shape index (κ2) is 19.7. The van der Waals surface area contributed by atoms with E-state index in [4.69, 9.17) is 14.2 Å². The fourth-order valence-corrected chi connectivity index (χ4v) is 6.68. The van der Waals surface area contributed by atoms with Gasteiger partial charge < -0.3 is 44.8 Å². The van der Waals surface area contributed by atoms with E-state index >= 15 is 0 Å². The molecule has 3 bridgehead atoms. The van der Waals surface area contributed by atoms with Gasteiger partial charge in [0, 0.05) is 37.2 Å². The van der Waals surface area contributed by atoms with Crippen LogP contribution in [0.15, 0.2) is 72.4 Å². The first kappa shape index (κ1) is 40.0. The minimum absolute atomic E-state index is 0.0207. The topological polar surface area (TPSA) is 166 Å². The van der Waals surface area contributed by atoms with Gasteiger partial charge in [-0.2, -0.15) is 0 Å². The number of hydrogen-bond donors (Lipinski definition) is 6. The summed E-state index contributed by atoms with van der Waals surface area (Å²) in [4.78, 5) is 12.8. The van der Waals surface area contributed by atoms with Crippen LogP contribution in [0.3, 0.4) is 0 Å². The molecule has 0 amide bonds. The first-order chi connectivity index (χ1) is 22.8. The highest BCUT2D eigenvalue weighted by Gasteiger charge is 2.47. The van der Waals surface area contributed by atoms with E-state index in [1.807, 2.05) is 50.3 Å². The predicted molar refractivity (Wildman–Crippen MR) is 183 cm³/mol. The van der Waals surface area contributed by atoms with Gasteiger partial charge in [0.15, 0.2) is 5.79 Å². The summed E-state index contributed by atoms with van der Waals surface area (Å²) < 4.78 is 18.4. The highest BCUT2D eigenvalue weighted by molar-refractivity contribution is 5.88. The standard InChI is InChI=1S/C38H58O10/c1-25(2)36-27(4)35(44)22-30(41)19-29(40)18-28(39)15-13-17-34-21-32(43)24-38(48-34)23-31(42)20-33(47-38)16-12-10-8-6-5-7-9-11-14-26(3)37(45)46-36/h5-14,17,25,27-36,39-44H,15-16,18-24H2,1-4H3/b7-5+,8-6+,11-9-,12-10+,17-13+,26-14+/t27-,28+,29+,30-,31-,32+,33+,34-,35-,36-,38+/m0/s1. The summed E-state index contributed by atoms with van der Waals surface area (Å²) in [6.07, 6.45) is 15.5. The maximum Gasteiger partial charge on any atom is 0.334 e. The van der Waals surface area contributed by atoms with E-state index in [1.165, 1.54) is 0 Å². The predicted octanol–water partition coefficient (Wildman–Crippen LogP) is 4.10. The maximum absolute atomic E-state index is 12.8. The Morgan fingerprint density at radius 3 is 2.00 bits per heavy atom. The smallest absolute Gasteiger partial charge is 0.334 e. The lowest BCUT2D eigenvalue weighted by Crippen LogP contribution is -2.54. The van der Waals surface area contributed by atoms with E-state index in [0.717, 1.165) is 0 Å². The molecule has 10 nitrogen and oxygen atoms in total. The van der Waals surface area contributed by atoms with Gasteiger partial charge in [0.05, 0.1) is 48.8 Å². The van der Waals surface area contributed by atoms with Gasteiger partial charge in [-0.15, -0.1) is 0 Å². The SMILES string of the molecule is C\C1=C/C=C\C=C\C=C\C=C\C[C@@H]2C[C@H](O)C[C@@]3(C[C@H](O)C[C@H](/C=C/C[C@@H](O)C[C@@H](O)C[C@H](O)C[C@H](O)[C@H](C)[C@H](C(C)C)OC1=O)O3)O2. The third-order valence-electron chi connectivity index (χ3n) is 9.14. The lowest BCUT2D eigenvalue weighted by Gasteiger charge is -2.48. The van der Waals surface area contributed by atoms with Gasteiger partial charge in [-0.1, -0.05) is 87.6 Å². The maximum atomic E-state index is 12.8. The van der Waals surface area contributed by atoms with Crippen LogP contribution in [0.1, 0.15) is 85.5 Å². The molecule has 270 valence electrons. The van der Waals surface area contributed by atoms with Crippen molar-refractivity contribution in [2.45, 2.75) is 146 Å². The summed E-state index contributed by atoms with van der Waals surface area (Å²) in [6, 6.07) is 0. The molecule has 0 unspecified atom stereocenters. The van der Waals surface area contributed by atoms with Crippen LogP contribution in [0.2, 0.25) is 0 Å². The molecule has 10 heteroatoms. The summed E-state index contributed by atoms with van der Waals surface area (Å²) in [7, 11) is 0. The number of cyclic esters (lactones) is 1. The lowest BCUT2D eigenvalue weighted by atomic mass is 9.86. The molecule has 11 atom stereocenters. The van der Waals surface area contributed by atoms with Crippen molar-refractivity contribution < 1.29 is 49.6 Å². The van der Waals surface area contributed by atoms with Crippen molar-refractivity contribution in [3.8, 4) is 0 Å². The Labute approximate surface area is 285 Å². The Bertz CT molecular complexity index is 1170. The van der Waals surface area contributed by atoms with Gasteiger partial charge >= 0.3 is 5.97 Å². The van der Waals surface area contributed by atoms with Gasteiger partial charge in [-0.25, -0.2) is 4.79 Å². The number of allylic oxidation sites excluding steroid dienone is 8. The minimum atomic E-state index is -1.11. The van der Waals surface area contributed by atoms with E-state index in [2.05, 4.69) is 0 Å². The largest absolute Gasteiger partial charge is 0.458 e. The molecule has 3 heterocycles. The number of fused-ring (bicyclic) bond motifs is 2. The van der Waals surface area contributed by atoms with E-state index in [-0.39, 0.29) is 50.5 Å². The van der Waals surface area contributed by atoms with Crippen molar-refractivity contribution in [3.63, 3.8) is 0 Å². The van der Waals surface area contributed by atoms with Crippen LogP contribution >= 0.6 is 0 Å². The van der Waals surface area contributed by atoms with Gasteiger partial charge in [0.1, 0.15) is 6.10 Å². The molecule has 0 aromatic rings. The van der Waals surface area contributed by atoms with Crippen LogP contribution in [0.5, 0.6) is 0 Å². The molecule has 3 aliphatic rings. The second-order valence-electron chi connectivity index (χ2n) is 14.0. The van der Waals surface area contributed by atoms with E-state index in [0.29, 0.717) is 24.8 Å². The summed E-state index contributed by atoms with van der Waals surface area (Å²) in [5, 5.41) is 64.0. The molecular weight excluding hydrogens is 616 g/mol. The normalized spacial score (nSPS) is 43.1. The quantitative estimate of drug-likeness (QED) is 0.176. The monoisotopic (exact) mass is 674 g/mol. The molecule has 0 radical (unpaired) electrons. The van der Waals surface area contributed by atoms with Crippen LogP contribution < -0.4 is 0 Å². The Kier molecular flexibility index (Phi) is 16.4. The molecule has 6 N–H and O–H groups in total. The van der Waals surface area contributed by atoms with Gasteiger partial charge in [-0.05, 0) is 44.9 Å². The van der Waals surface area contributed by atoms with Gasteiger partial charge in [0.25, 0.3) is 0 Å². The number of aliphatic hydroxyl groups excluding tert-OH is 6. The van der Waals surface area contributed by atoms with E-state index in [1.54, 1.807) is 44.2 Å². The minimum Gasteiger partial charge on any atom is -0.458 e. The number of aliphatic hydroxyl groups is 6. The summed E-state index contributed by atoms with van der Waals surface area (Å²) >= 11 is 0. The second-order valence-corrected chi connectivity index (χ2v) is 14.0.